The number of carboxylic acids is 1. The van der Waals surface area contributed by atoms with E-state index in [2.05, 4.69) is 19.2 Å². The molecule has 0 radical (unpaired) electrons. The number of unbranched alkanes of at least 4 members (excludes halogenated alkanes) is 3. The zero-order valence-corrected chi connectivity index (χ0v) is 12.2. The summed E-state index contributed by atoms with van der Waals surface area (Å²) < 4.78 is 0. The van der Waals surface area contributed by atoms with Gasteiger partial charge in [0.1, 0.15) is 0 Å². The van der Waals surface area contributed by atoms with Gasteiger partial charge in [0.2, 0.25) is 5.91 Å². The Balaban J connectivity index is 3.44. The van der Waals surface area contributed by atoms with Crippen molar-refractivity contribution >= 4 is 11.9 Å². The van der Waals surface area contributed by atoms with Crippen molar-refractivity contribution in [2.24, 2.45) is 11.7 Å². The molecule has 0 saturated carbocycles. The largest absolute Gasteiger partial charge is 0.481 e. The summed E-state index contributed by atoms with van der Waals surface area (Å²) in [6.45, 7) is 5.07. The summed E-state index contributed by atoms with van der Waals surface area (Å²) in [6, 6.07) is -0.711. The van der Waals surface area contributed by atoms with Gasteiger partial charge in [-0.05, 0) is 18.8 Å². The number of rotatable bonds is 11. The Morgan fingerprint density at radius 3 is 2.32 bits per heavy atom. The maximum atomic E-state index is 11.5. The molecule has 4 N–H and O–H groups in total. The lowest BCUT2D eigenvalue weighted by atomic mass is 10.0. The van der Waals surface area contributed by atoms with E-state index in [1.54, 1.807) is 0 Å². The molecule has 1 unspecified atom stereocenters. The highest BCUT2D eigenvalue weighted by atomic mass is 16.4. The second-order valence-corrected chi connectivity index (χ2v) is 5.43. The zero-order chi connectivity index (χ0) is 14.7. The first-order valence-corrected chi connectivity index (χ1v) is 7.18. The molecule has 19 heavy (non-hydrogen) atoms. The molecule has 0 rings (SSSR count). The van der Waals surface area contributed by atoms with Gasteiger partial charge in [-0.2, -0.15) is 0 Å². The van der Waals surface area contributed by atoms with Gasteiger partial charge < -0.3 is 16.2 Å². The van der Waals surface area contributed by atoms with Crippen LogP contribution in [0.2, 0.25) is 0 Å². The average molecular weight is 272 g/mol. The van der Waals surface area contributed by atoms with Crippen LogP contribution < -0.4 is 11.1 Å². The number of carboxylic acid groups (broad SMARTS) is 1. The topological polar surface area (TPSA) is 92.4 Å². The predicted molar refractivity (Wildman–Crippen MR) is 75.8 cm³/mol. The molecule has 0 aliphatic carbocycles. The third-order valence-corrected chi connectivity index (χ3v) is 3.01. The van der Waals surface area contributed by atoms with Crippen LogP contribution >= 0.6 is 0 Å². The normalized spacial score (nSPS) is 12.4. The van der Waals surface area contributed by atoms with E-state index in [-0.39, 0.29) is 18.7 Å². The molecular formula is C14H28N2O3. The molecule has 0 heterocycles. The van der Waals surface area contributed by atoms with E-state index in [4.69, 9.17) is 10.8 Å². The van der Waals surface area contributed by atoms with Crippen molar-refractivity contribution in [3.05, 3.63) is 0 Å². The van der Waals surface area contributed by atoms with Crippen LogP contribution in [0.25, 0.3) is 0 Å². The van der Waals surface area contributed by atoms with Gasteiger partial charge in [0.25, 0.3) is 0 Å². The van der Waals surface area contributed by atoms with Crippen LogP contribution in [0.5, 0.6) is 0 Å². The molecule has 5 nitrogen and oxygen atoms in total. The molecule has 0 bridgehead atoms. The van der Waals surface area contributed by atoms with Crippen molar-refractivity contribution in [3.63, 3.8) is 0 Å². The zero-order valence-electron chi connectivity index (χ0n) is 12.2. The Kier molecular flexibility index (Phi) is 10.2. The molecule has 0 saturated heterocycles. The molecule has 0 aromatic carbocycles. The number of nitrogens with two attached hydrogens (primary N) is 1. The second-order valence-electron chi connectivity index (χ2n) is 5.43. The third kappa shape index (κ3) is 11.7. The van der Waals surface area contributed by atoms with Gasteiger partial charge in [-0.1, -0.05) is 39.5 Å². The third-order valence-electron chi connectivity index (χ3n) is 3.01. The van der Waals surface area contributed by atoms with Gasteiger partial charge >= 0.3 is 5.97 Å². The molecule has 0 aliphatic heterocycles. The maximum absolute atomic E-state index is 11.5. The van der Waals surface area contributed by atoms with Crippen molar-refractivity contribution in [1.29, 1.82) is 0 Å². The number of carbonyl (C=O) groups is 2. The smallest absolute Gasteiger partial charge is 0.303 e. The quantitative estimate of drug-likeness (QED) is 0.501. The number of amides is 1. The van der Waals surface area contributed by atoms with E-state index < -0.39 is 12.0 Å². The number of hydrogen-bond acceptors (Lipinski definition) is 3. The number of nitrogens with one attached hydrogen (secondary N) is 1. The molecular weight excluding hydrogens is 244 g/mol. The molecule has 112 valence electrons. The highest BCUT2D eigenvalue weighted by Gasteiger charge is 2.13. The first-order valence-electron chi connectivity index (χ1n) is 7.18. The summed E-state index contributed by atoms with van der Waals surface area (Å²) >= 11 is 0. The maximum Gasteiger partial charge on any atom is 0.303 e. The van der Waals surface area contributed by atoms with Crippen LogP contribution in [0, 0.1) is 5.92 Å². The minimum atomic E-state index is -0.923. The Hall–Kier alpha value is -1.10. The predicted octanol–water partition coefficient (Wildman–Crippen LogP) is 1.90. The molecule has 0 aromatic heterocycles. The van der Waals surface area contributed by atoms with Crippen LogP contribution in [0.4, 0.5) is 0 Å². The average Bonchev–Trinajstić information content (AvgIpc) is 2.33. The molecule has 0 fully saturated rings. The Morgan fingerprint density at radius 2 is 1.74 bits per heavy atom. The van der Waals surface area contributed by atoms with E-state index in [0.717, 1.165) is 18.8 Å². The molecule has 1 amide bonds. The van der Waals surface area contributed by atoms with Gasteiger partial charge in [0, 0.05) is 13.0 Å². The fourth-order valence-corrected chi connectivity index (χ4v) is 1.78. The van der Waals surface area contributed by atoms with Gasteiger partial charge in [0.15, 0.2) is 0 Å². The van der Waals surface area contributed by atoms with E-state index in [1.165, 1.54) is 19.3 Å². The van der Waals surface area contributed by atoms with Crippen LogP contribution in [-0.4, -0.2) is 29.6 Å². The first-order chi connectivity index (χ1) is 8.93. The molecule has 0 spiro atoms. The van der Waals surface area contributed by atoms with Crippen LogP contribution in [0.15, 0.2) is 0 Å². The summed E-state index contributed by atoms with van der Waals surface area (Å²) in [5.74, 6) is -0.413. The summed E-state index contributed by atoms with van der Waals surface area (Å²) in [5.41, 5.74) is 5.59. The Labute approximate surface area is 115 Å². The lowest BCUT2D eigenvalue weighted by molar-refractivity contribution is -0.137. The van der Waals surface area contributed by atoms with E-state index in [0.29, 0.717) is 6.54 Å². The van der Waals surface area contributed by atoms with Crippen molar-refractivity contribution in [3.8, 4) is 0 Å². The molecule has 5 heteroatoms. The summed E-state index contributed by atoms with van der Waals surface area (Å²) in [5, 5.41) is 11.2. The monoisotopic (exact) mass is 272 g/mol. The van der Waals surface area contributed by atoms with Crippen LogP contribution in [-0.2, 0) is 9.59 Å². The number of carbonyl (C=O) groups excluding carboxylic acids is 1. The molecule has 1 atom stereocenters. The van der Waals surface area contributed by atoms with Crippen molar-refractivity contribution in [2.45, 2.75) is 64.8 Å². The minimum Gasteiger partial charge on any atom is -0.481 e. The first kappa shape index (κ1) is 17.9. The SMILES string of the molecule is CC(C)CCCCCCNC(=O)C(N)CCC(=O)O. The standard InChI is InChI=1S/C14H28N2O3/c1-11(2)7-5-3-4-6-10-16-14(19)12(15)8-9-13(17)18/h11-12H,3-10,15H2,1-2H3,(H,16,19)(H,17,18). The molecule has 0 aromatic rings. The van der Waals surface area contributed by atoms with E-state index >= 15 is 0 Å². The van der Waals surface area contributed by atoms with Gasteiger partial charge in [-0.25, -0.2) is 0 Å². The highest BCUT2D eigenvalue weighted by Crippen LogP contribution is 2.08. The minimum absolute atomic E-state index is 0.0657. The van der Waals surface area contributed by atoms with Crippen LogP contribution in [0.1, 0.15) is 58.8 Å². The van der Waals surface area contributed by atoms with Crippen molar-refractivity contribution in [2.75, 3.05) is 6.54 Å². The van der Waals surface area contributed by atoms with Crippen molar-refractivity contribution < 1.29 is 14.7 Å². The lowest BCUT2D eigenvalue weighted by Gasteiger charge is -2.11. The molecule has 0 aliphatic rings. The highest BCUT2D eigenvalue weighted by molar-refractivity contribution is 5.82. The summed E-state index contributed by atoms with van der Waals surface area (Å²) in [6.07, 6.45) is 5.88. The summed E-state index contributed by atoms with van der Waals surface area (Å²) in [7, 11) is 0. The van der Waals surface area contributed by atoms with Gasteiger partial charge in [0.05, 0.1) is 6.04 Å². The summed E-state index contributed by atoms with van der Waals surface area (Å²) in [4.78, 5) is 21.9. The fourth-order valence-electron chi connectivity index (χ4n) is 1.78. The second kappa shape index (κ2) is 10.8. The van der Waals surface area contributed by atoms with Gasteiger partial charge in [-0.3, -0.25) is 9.59 Å². The lowest BCUT2D eigenvalue weighted by Crippen LogP contribution is -2.41. The van der Waals surface area contributed by atoms with Gasteiger partial charge in [-0.15, -0.1) is 0 Å². The van der Waals surface area contributed by atoms with E-state index in [1.807, 2.05) is 0 Å². The van der Waals surface area contributed by atoms with Crippen molar-refractivity contribution in [1.82, 2.24) is 5.32 Å². The fraction of sp³-hybridized carbons (Fsp3) is 0.857. The number of aliphatic carboxylic acids is 1. The Bertz CT molecular complexity index is 267. The van der Waals surface area contributed by atoms with Crippen LogP contribution in [0.3, 0.4) is 0 Å². The Morgan fingerprint density at radius 1 is 1.11 bits per heavy atom. The van der Waals surface area contributed by atoms with E-state index in [9.17, 15) is 9.59 Å². The number of hydrogen-bond donors (Lipinski definition) is 3.